The molecule has 2 N–H and O–H groups in total. The zero-order valence-electron chi connectivity index (χ0n) is 13.0. The van der Waals surface area contributed by atoms with Gasteiger partial charge in [-0.25, -0.2) is 0 Å². The van der Waals surface area contributed by atoms with Gasteiger partial charge in [-0.15, -0.1) is 0 Å². The Bertz CT molecular complexity index is 681. The number of nitrogens with two attached hydrogens (primary N) is 1. The molecule has 0 amide bonds. The highest BCUT2D eigenvalue weighted by Gasteiger charge is 2.37. The van der Waals surface area contributed by atoms with Crippen LogP contribution in [0, 0.1) is 6.92 Å². The minimum absolute atomic E-state index is 0.0118. The van der Waals surface area contributed by atoms with Gasteiger partial charge in [0, 0.05) is 17.8 Å². The van der Waals surface area contributed by atoms with E-state index in [0.29, 0.717) is 11.3 Å². The SMILES string of the molecule is C=C(/C=C(\N=C(/C)Cc1ccc(N)c(C)c1)C(F)(F)F)C(F)(F)F. The number of hydrogen-bond acceptors (Lipinski definition) is 2. The third-order valence-electron chi connectivity index (χ3n) is 3.07. The topological polar surface area (TPSA) is 38.4 Å². The second kappa shape index (κ2) is 7.11. The third kappa shape index (κ3) is 5.75. The van der Waals surface area contributed by atoms with Gasteiger partial charge < -0.3 is 5.73 Å². The highest BCUT2D eigenvalue weighted by molar-refractivity contribution is 5.85. The standard InChI is InChI=1S/C16H16F6N2/c1-9-6-12(4-5-13(9)23)8-11(3)24-14(16(20,21)22)7-10(2)15(17,18)19/h4-7H,2,8,23H2,1,3H3/b14-7-,24-11+. The van der Waals surface area contributed by atoms with Gasteiger partial charge in [0.2, 0.25) is 0 Å². The molecule has 0 bridgehead atoms. The van der Waals surface area contributed by atoms with E-state index in [1.54, 1.807) is 25.1 Å². The Kier molecular flexibility index (Phi) is 5.86. The average Bonchev–Trinajstić information content (AvgIpc) is 2.40. The van der Waals surface area contributed by atoms with E-state index in [0.717, 1.165) is 5.56 Å². The average molecular weight is 350 g/mol. The molecule has 0 unspecified atom stereocenters. The minimum atomic E-state index is -5.02. The molecule has 132 valence electrons. The first-order valence-corrected chi connectivity index (χ1v) is 6.75. The van der Waals surface area contributed by atoms with Gasteiger partial charge >= 0.3 is 12.4 Å². The molecule has 1 aromatic carbocycles. The second-order valence-corrected chi connectivity index (χ2v) is 5.27. The van der Waals surface area contributed by atoms with E-state index in [1.165, 1.54) is 6.92 Å². The maximum atomic E-state index is 12.9. The van der Waals surface area contributed by atoms with Crippen molar-refractivity contribution in [2.45, 2.75) is 32.6 Å². The Hall–Kier alpha value is -2.25. The summed E-state index contributed by atoms with van der Waals surface area (Å²) in [7, 11) is 0. The second-order valence-electron chi connectivity index (χ2n) is 5.27. The summed E-state index contributed by atoms with van der Waals surface area (Å²) in [5.74, 6) is 0. The predicted octanol–water partition coefficient (Wildman–Crippen LogP) is 5.15. The predicted molar refractivity (Wildman–Crippen MR) is 81.7 cm³/mol. The molecule has 0 saturated carbocycles. The van der Waals surface area contributed by atoms with Crippen molar-refractivity contribution in [2.75, 3.05) is 5.73 Å². The number of aryl methyl sites for hydroxylation is 1. The van der Waals surface area contributed by atoms with Gasteiger partial charge in [-0.1, -0.05) is 18.7 Å². The summed E-state index contributed by atoms with van der Waals surface area (Å²) < 4.78 is 75.8. The number of halogens is 6. The van der Waals surface area contributed by atoms with Crippen LogP contribution in [0.4, 0.5) is 32.0 Å². The van der Waals surface area contributed by atoms with Gasteiger partial charge in [0.05, 0.1) is 5.57 Å². The van der Waals surface area contributed by atoms with Crippen LogP contribution in [0.15, 0.2) is 47.1 Å². The number of alkyl halides is 6. The Morgan fingerprint density at radius 3 is 2.21 bits per heavy atom. The number of rotatable bonds is 4. The number of allylic oxidation sites excluding steroid dienone is 3. The van der Waals surface area contributed by atoms with E-state index < -0.39 is 23.6 Å². The first kappa shape index (κ1) is 19.8. The van der Waals surface area contributed by atoms with Crippen molar-refractivity contribution in [1.29, 1.82) is 0 Å². The monoisotopic (exact) mass is 350 g/mol. The van der Waals surface area contributed by atoms with E-state index >= 15 is 0 Å². The van der Waals surface area contributed by atoms with E-state index in [2.05, 4.69) is 11.6 Å². The number of hydrogen-bond donors (Lipinski definition) is 1. The largest absolute Gasteiger partial charge is 0.433 e. The molecule has 0 heterocycles. The van der Waals surface area contributed by atoms with Crippen molar-refractivity contribution >= 4 is 11.4 Å². The summed E-state index contributed by atoms with van der Waals surface area (Å²) in [5, 5.41) is 0. The smallest absolute Gasteiger partial charge is 0.399 e. The molecule has 1 aromatic rings. The molecule has 0 fully saturated rings. The molecule has 0 atom stereocenters. The van der Waals surface area contributed by atoms with Gasteiger partial charge in [0.1, 0.15) is 5.70 Å². The van der Waals surface area contributed by atoms with Gasteiger partial charge in [-0.2, -0.15) is 26.3 Å². The fourth-order valence-corrected chi connectivity index (χ4v) is 1.81. The van der Waals surface area contributed by atoms with Crippen LogP contribution in [0.25, 0.3) is 0 Å². The lowest BCUT2D eigenvalue weighted by molar-refractivity contribution is -0.0959. The molecule has 0 spiro atoms. The Labute approximate surface area is 135 Å². The van der Waals surface area contributed by atoms with Crippen molar-refractivity contribution in [3.05, 3.63) is 53.3 Å². The normalized spacial score (nSPS) is 14.0. The maximum Gasteiger partial charge on any atom is 0.433 e. The Balaban J connectivity index is 3.12. The summed E-state index contributed by atoms with van der Waals surface area (Å²) in [4.78, 5) is 3.31. The minimum Gasteiger partial charge on any atom is -0.399 e. The van der Waals surface area contributed by atoms with E-state index in [9.17, 15) is 26.3 Å². The van der Waals surface area contributed by atoms with Crippen LogP contribution in [0.5, 0.6) is 0 Å². The summed E-state index contributed by atoms with van der Waals surface area (Å²) in [6, 6.07) is 4.90. The lowest BCUT2D eigenvalue weighted by Crippen LogP contribution is -2.16. The molecule has 0 radical (unpaired) electrons. The van der Waals surface area contributed by atoms with Crippen molar-refractivity contribution < 1.29 is 26.3 Å². The van der Waals surface area contributed by atoms with E-state index in [-0.39, 0.29) is 18.2 Å². The van der Waals surface area contributed by atoms with Gasteiger partial charge in [-0.3, -0.25) is 4.99 Å². The first-order chi connectivity index (χ1) is 10.8. The quantitative estimate of drug-likeness (QED) is 0.347. The van der Waals surface area contributed by atoms with E-state index in [1.807, 2.05) is 0 Å². The number of aliphatic imine (C=N–C) groups is 1. The van der Waals surface area contributed by atoms with Gasteiger partial charge in [0.15, 0.2) is 0 Å². The number of nitrogens with zero attached hydrogens (tertiary/aromatic N) is 1. The summed E-state index contributed by atoms with van der Waals surface area (Å²) in [6.07, 6.45) is -10.0. The molecule has 8 heteroatoms. The van der Waals surface area contributed by atoms with Crippen molar-refractivity contribution in [3.8, 4) is 0 Å². The van der Waals surface area contributed by atoms with Crippen LogP contribution >= 0.6 is 0 Å². The van der Waals surface area contributed by atoms with Crippen LogP contribution in [-0.4, -0.2) is 18.1 Å². The molecule has 0 saturated heterocycles. The summed E-state index contributed by atoms with van der Waals surface area (Å²) >= 11 is 0. The first-order valence-electron chi connectivity index (χ1n) is 6.75. The molecule has 0 aliphatic carbocycles. The zero-order valence-corrected chi connectivity index (χ0v) is 13.0. The maximum absolute atomic E-state index is 12.9. The molecule has 24 heavy (non-hydrogen) atoms. The van der Waals surface area contributed by atoms with Crippen LogP contribution in [0.3, 0.4) is 0 Å². The van der Waals surface area contributed by atoms with Crippen molar-refractivity contribution in [3.63, 3.8) is 0 Å². The fourth-order valence-electron chi connectivity index (χ4n) is 1.81. The molecular weight excluding hydrogens is 334 g/mol. The van der Waals surface area contributed by atoms with Gasteiger partial charge in [0.25, 0.3) is 0 Å². The molecular formula is C16H16F6N2. The highest BCUT2D eigenvalue weighted by Crippen LogP contribution is 2.32. The van der Waals surface area contributed by atoms with Crippen molar-refractivity contribution in [2.24, 2.45) is 4.99 Å². The highest BCUT2D eigenvalue weighted by atomic mass is 19.4. The number of nitrogen functional groups attached to an aromatic ring is 1. The molecule has 0 aliphatic rings. The Morgan fingerprint density at radius 2 is 1.75 bits per heavy atom. The third-order valence-corrected chi connectivity index (χ3v) is 3.07. The van der Waals surface area contributed by atoms with Crippen LogP contribution in [0.2, 0.25) is 0 Å². The fraction of sp³-hybridized carbons (Fsp3) is 0.312. The molecule has 2 nitrogen and oxygen atoms in total. The number of benzene rings is 1. The van der Waals surface area contributed by atoms with Crippen molar-refractivity contribution in [1.82, 2.24) is 0 Å². The summed E-state index contributed by atoms with van der Waals surface area (Å²) in [6.45, 7) is 5.65. The van der Waals surface area contributed by atoms with Crippen LogP contribution in [0.1, 0.15) is 18.1 Å². The van der Waals surface area contributed by atoms with E-state index in [4.69, 9.17) is 5.73 Å². The van der Waals surface area contributed by atoms with Crippen LogP contribution in [-0.2, 0) is 6.42 Å². The molecule has 0 aromatic heterocycles. The number of anilines is 1. The van der Waals surface area contributed by atoms with Gasteiger partial charge in [-0.05, 0) is 37.1 Å². The molecule has 0 aliphatic heterocycles. The van der Waals surface area contributed by atoms with Crippen LogP contribution < -0.4 is 5.73 Å². The lowest BCUT2D eigenvalue weighted by Gasteiger charge is -2.12. The summed E-state index contributed by atoms with van der Waals surface area (Å²) in [5.41, 5.74) is 4.33. The molecule has 1 rings (SSSR count). The Morgan fingerprint density at radius 1 is 1.17 bits per heavy atom. The lowest BCUT2D eigenvalue weighted by atomic mass is 10.1. The zero-order chi connectivity index (χ0) is 18.7.